The highest BCUT2D eigenvalue weighted by Crippen LogP contribution is 2.25. The minimum atomic E-state index is -3.49. The van der Waals surface area contributed by atoms with E-state index in [9.17, 15) is 13.2 Å². The van der Waals surface area contributed by atoms with Crippen LogP contribution in [0, 0.1) is 0 Å². The summed E-state index contributed by atoms with van der Waals surface area (Å²) in [5.41, 5.74) is 0.114. The van der Waals surface area contributed by atoms with Gasteiger partial charge in [0.05, 0.1) is 22.8 Å². The Kier molecular flexibility index (Phi) is 5.98. The number of methoxy groups -OCH3 is 1. The molecular formula is C13H18ClNO4S. The fraction of sp³-hybridized carbons (Fsp3) is 0.462. The molecule has 0 aromatic heterocycles. The van der Waals surface area contributed by atoms with Crippen LogP contribution in [-0.2, 0) is 14.6 Å². The number of carbonyl (C=O) groups is 1. The van der Waals surface area contributed by atoms with Crippen molar-refractivity contribution in [3.8, 4) is 0 Å². The average Bonchev–Trinajstić information content (AvgIpc) is 2.47. The molecule has 7 heteroatoms. The van der Waals surface area contributed by atoms with Crippen molar-refractivity contribution in [2.75, 3.05) is 20.2 Å². The first-order valence-electron chi connectivity index (χ1n) is 6.19. The molecular weight excluding hydrogens is 302 g/mol. The second-order valence-corrected chi connectivity index (χ2v) is 6.68. The largest absolute Gasteiger partial charge is 0.465 e. The molecule has 0 atom stereocenters. The van der Waals surface area contributed by atoms with E-state index < -0.39 is 21.1 Å². The Morgan fingerprint density at radius 3 is 2.45 bits per heavy atom. The molecule has 0 radical (unpaired) electrons. The number of hydrogen-bond donors (Lipinski definition) is 1. The van der Waals surface area contributed by atoms with Gasteiger partial charge in [0.1, 0.15) is 0 Å². The Bertz CT molecular complexity index is 567. The third kappa shape index (κ3) is 3.31. The lowest BCUT2D eigenvalue weighted by Gasteiger charge is -2.23. The van der Waals surface area contributed by atoms with Gasteiger partial charge in [-0.25, -0.2) is 13.2 Å². The fourth-order valence-corrected chi connectivity index (χ4v) is 4.22. The van der Waals surface area contributed by atoms with Gasteiger partial charge >= 0.3 is 5.97 Å². The van der Waals surface area contributed by atoms with E-state index >= 15 is 0 Å². The zero-order valence-electron chi connectivity index (χ0n) is 11.2. The molecule has 112 valence electrons. The molecule has 1 saturated heterocycles. The predicted molar refractivity (Wildman–Crippen MR) is 78.1 cm³/mol. The van der Waals surface area contributed by atoms with Gasteiger partial charge < -0.3 is 10.1 Å². The number of rotatable bonds is 3. The molecule has 0 amide bonds. The van der Waals surface area contributed by atoms with Crippen LogP contribution in [0.4, 0.5) is 0 Å². The van der Waals surface area contributed by atoms with Gasteiger partial charge in [0, 0.05) is 0 Å². The Morgan fingerprint density at radius 1 is 1.25 bits per heavy atom. The molecule has 1 aromatic carbocycles. The first-order chi connectivity index (χ1) is 9.07. The second kappa shape index (κ2) is 7.06. The van der Waals surface area contributed by atoms with Crippen LogP contribution >= 0.6 is 12.4 Å². The van der Waals surface area contributed by atoms with Crippen molar-refractivity contribution in [3.05, 3.63) is 29.8 Å². The quantitative estimate of drug-likeness (QED) is 0.853. The van der Waals surface area contributed by atoms with Gasteiger partial charge in [0.2, 0.25) is 0 Å². The fourth-order valence-electron chi connectivity index (χ4n) is 2.28. The van der Waals surface area contributed by atoms with E-state index in [1.54, 1.807) is 12.1 Å². The van der Waals surface area contributed by atoms with Crippen molar-refractivity contribution in [2.24, 2.45) is 0 Å². The Hall–Kier alpha value is -1.11. The molecule has 0 bridgehead atoms. The molecule has 1 fully saturated rings. The molecule has 1 aromatic rings. The van der Waals surface area contributed by atoms with Crippen molar-refractivity contribution in [1.29, 1.82) is 0 Å². The smallest absolute Gasteiger partial charge is 0.339 e. The van der Waals surface area contributed by atoms with Gasteiger partial charge in [-0.2, -0.15) is 0 Å². The highest BCUT2D eigenvalue weighted by atomic mass is 35.5. The minimum Gasteiger partial charge on any atom is -0.465 e. The maximum atomic E-state index is 12.6. The number of benzene rings is 1. The average molecular weight is 320 g/mol. The van der Waals surface area contributed by atoms with Gasteiger partial charge in [0.25, 0.3) is 0 Å². The van der Waals surface area contributed by atoms with Gasteiger partial charge in [-0.05, 0) is 38.1 Å². The molecule has 0 aliphatic carbocycles. The van der Waals surface area contributed by atoms with Crippen LogP contribution in [0.25, 0.3) is 0 Å². The van der Waals surface area contributed by atoms with Crippen LogP contribution in [0.3, 0.4) is 0 Å². The molecule has 20 heavy (non-hydrogen) atoms. The highest BCUT2D eigenvalue weighted by molar-refractivity contribution is 7.92. The van der Waals surface area contributed by atoms with Crippen LogP contribution in [-0.4, -0.2) is 39.8 Å². The third-order valence-electron chi connectivity index (χ3n) is 3.32. The van der Waals surface area contributed by atoms with E-state index in [1.165, 1.54) is 19.2 Å². The molecule has 1 aliphatic rings. The topological polar surface area (TPSA) is 72.5 Å². The standard InChI is InChI=1S/C13H17NO4S.ClH/c1-18-13(15)11-4-2-3-5-12(11)19(16,17)10-6-8-14-9-7-10;/h2-5,10,14H,6-9H2,1H3;1H. The van der Waals surface area contributed by atoms with Gasteiger partial charge in [0.15, 0.2) is 9.84 Å². The van der Waals surface area contributed by atoms with Gasteiger partial charge in [-0.1, -0.05) is 12.1 Å². The predicted octanol–water partition coefficient (Wildman–Crippen LogP) is 1.42. The molecule has 1 N–H and O–H groups in total. The van der Waals surface area contributed by atoms with Crippen molar-refractivity contribution in [2.45, 2.75) is 23.0 Å². The number of piperidine rings is 1. The summed E-state index contributed by atoms with van der Waals surface area (Å²) in [4.78, 5) is 11.7. The normalized spacial score (nSPS) is 16.2. The van der Waals surface area contributed by atoms with Crippen molar-refractivity contribution >= 4 is 28.2 Å². The maximum absolute atomic E-state index is 12.6. The van der Waals surface area contributed by atoms with Crippen LogP contribution < -0.4 is 5.32 Å². The van der Waals surface area contributed by atoms with E-state index in [2.05, 4.69) is 10.1 Å². The van der Waals surface area contributed by atoms with Crippen molar-refractivity contribution in [1.82, 2.24) is 5.32 Å². The number of carbonyl (C=O) groups excluding carboxylic acids is 1. The van der Waals surface area contributed by atoms with Crippen molar-refractivity contribution < 1.29 is 17.9 Å². The van der Waals surface area contributed by atoms with Crippen LogP contribution in [0.1, 0.15) is 23.2 Å². The summed E-state index contributed by atoms with van der Waals surface area (Å²) >= 11 is 0. The number of ether oxygens (including phenoxy) is 1. The lowest BCUT2D eigenvalue weighted by Crippen LogP contribution is -2.36. The summed E-state index contributed by atoms with van der Waals surface area (Å²) in [6.07, 6.45) is 1.13. The Morgan fingerprint density at radius 2 is 1.85 bits per heavy atom. The number of esters is 1. The minimum absolute atomic E-state index is 0. The van der Waals surface area contributed by atoms with Crippen LogP contribution in [0.5, 0.6) is 0 Å². The maximum Gasteiger partial charge on any atom is 0.339 e. The summed E-state index contributed by atoms with van der Waals surface area (Å²) in [7, 11) is -2.24. The highest BCUT2D eigenvalue weighted by Gasteiger charge is 2.32. The number of nitrogens with one attached hydrogen (secondary N) is 1. The van der Waals surface area contributed by atoms with Gasteiger partial charge in [-0.15, -0.1) is 12.4 Å². The van der Waals surface area contributed by atoms with Crippen molar-refractivity contribution in [3.63, 3.8) is 0 Å². The first-order valence-corrected chi connectivity index (χ1v) is 7.74. The summed E-state index contributed by atoms with van der Waals surface area (Å²) in [5, 5.41) is 2.70. The number of halogens is 1. The van der Waals surface area contributed by atoms with E-state index in [1.807, 2.05) is 0 Å². The summed E-state index contributed by atoms with van der Waals surface area (Å²) in [5.74, 6) is -0.617. The van der Waals surface area contributed by atoms with E-state index in [4.69, 9.17) is 0 Å². The van der Waals surface area contributed by atoms with E-state index in [-0.39, 0.29) is 22.9 Å². The lowest BCUT2D eigenvalue weighted by atomic mass is 10.2. The van der Waals surface area contributed by atoms with E-state index in [0.29, 0.717) is 25.9 Å². The molecule has 1 heterocycles. The van der Waals surface area contributed by atoms with Gasteiger partial charge in [-0.3, -0.25) is 0 Å². The SMILES string of the molecule is COC(=O)c1ccccc1S(=O)(=O)C1CCNCC1.Cl. The third-order valence-corrected chi connectivity index (χ3v) is 5.64. The second-order valence-electron chi connectivity index (χ2n) is 4.48. The molecule has 0 spiro atoms. The first kappa shape index (κ1) is 16.9. The number of hydrogen-bond acceptors (Lipinski definition) is 5. The monoisotopic (exact) mass is 319 g/mol. The zero-order valence-corrected chi connectivity index (χ0v) is 12.8. The molecule has 0 saturated carbocycles. The number of sulfone groups is 1. The summed E-state index contributed by atoms with van der Waals surface area (Å²) in [6.45, 7) is 1.37. The zero-order chi connectivity index (χ0) is 13.9. The summed E-state index contributed by atoms with van der Waals surface area (Å²) < 4.78 is 29.8. The Balaban J connectivity index is 0.00000200. The molecule has 0 unspecified atom stereocenters. The van der Waals surface area contributed by atoms with Crippen LogP contribution in [0.15, 0.2) is 29.2 Å². The van der Waals surface area contributed by atoms with Crippen LogP contribution in [0.2, 0.25) is 0 Å². The molecule has 2 rings (SSSR count). The molecule has 1 aliphatic heterocycles. The lowest BCUT2D eigenvalue weighted by molar-refractivity contribution is 0.0596. The Labute approximate surface area is 125 Å². The molecule has 5 nitrogen and oxygen atoms in total. The summed E-state index contributed by atoms with van der Waals surface area (Å²) in [6, 6.07) is 6.22. The van der Waals surface area contributed by atoms with E-state index in [0.717, 1.165) is 0 Å².